The van der Waals surface area contributed by atoms with Crippen LogP contribution in [0.2, 0.25) is 0 Å². The van der Waals surface area contributed by atoms with Gasteiger partial charge in [0, 0.05) is 50.3 Å². The summed E-state index contributed by atoms with van der Waals surface area (Å²) in [4.78, 5) is 4.81. The fourth-order valence-electron chi connectivity index (χ4n) is 10.2. The first-order valence-corrected chi connectivity index (χ1v) is 21.0. The number of benzene rings is 10. The van der Waals surface area contributed by atoms with Crippen LogP contribution < -0.4 is 30.9 Å². The van der Waals surface area contributed by atoms with Gasteiger partial charge in [-0.15, -0.1) is 0 Å². The van der Waals surface area contributed by atoms with E-state index in [0.29, 0.717) is 0 Å². The maximum Gasteiger partial charge on any atom is 0.256 e. The van der Waals surface area contributed by atoms with E-state index in [9.17, 15) is 0 Å². The summed E-state index contributed by atoms with van der Waals surface area (Å²) in [6.45, 7) is -0.0217. The van der Waals surface area contributed by atoms with Gasteiger partial charge in [-0.25, -0.2) is 0 Å². The molecule has 0 N–H and O–H groups in total. The lowest BCUT2D eigenvalue weighted by Crippen LogP contribution is -2.59. The molecule has 0 bridgehead atoms. The zero-order valence-electron chi connectivity index (χ0n) is 33.1. The van der Waals surface area contributed by atoms with Crippen molar-refractivity contribution < 1.29 is 4.74 Å². The van der Waals surface area contributed by atoms with Gasteiger partial charge in [0.25, 0.3) is 6.71 Å². The molecule has 0 atom stereocenters. The van der Waals surface area contributed by atoms with Crippen molar-refractivity contribution in [1.29, 1.82) is 0 Å². The topological polar surface area (TPSA) is 20.6 Å². The molecule has 10 aromatic carbocycles. The van der Waals surface area contributed by atoms with Gasteiger partial charge in [0.15, 0.2) is 0 Å². The van der Waals surface area contributed by atoms with Gasteiger partial charge in [-0.2, -0.15) is 0 Å². The van der Waals surface area contributed by atoms with Crippen LogP contribution in [0.3, 0.4) is 0 Å². The van der Waals surface area contributed by atoms with Crippen molar-refractivity contribution in [2.75, 3.05) is 9.80 Å². The SMILES string of the molecule is c1ccc(N2c3ccccc3B3c4cc5c(cc4Oc4cccc2c43)c2c3ccccc3c(N(c3ccccc3)c3ccc4ccccc4c3)cc2n5-c2ccccc2)cc1. The molecule has 5 heteroatoms. The van der Waals surface area contributed by atoms with Crippen molar-refractivity contribution in [2.45, 2.75) is 0 Å². The maximum absolute atomic E-state index is 7.08. The molecule has 0 saturated heterocycles. The Morgan fingerprint density at radius 3 is 1.90 bits per heavy atom. The monoisotopic (exact) mass is 777 g/mol. The minimum atomic E-state index is -0.0217. The van der Waals surface area contributed by atoms with E-state index >= 15 is 0 Å². The van der Waals surface area contributed by atoms with Gasteiger partial charge in [-0.1, -0.05) is 133 Å². The predicted molar refractivity (Wildman–Crippen MR) is 256 cm³/mol. The standard InChI is InChI=1S/C56H36BN3O/c1-4-19-39(20-5-1)58(42-32-31-37-17-10-11-18-38(37)33-42)51-36-52-55(44-26-13-12-25-43(44)51)45-34-54-47(35-50(45)60(52)41-23-8-3-9-24-41)57-46-27-14-15-28-48(46)59(40-21-6-2-7-22-40)49-29-16-30-53(61-54)56(49)57/h1-36H. The quantitative estimate of drug-likeness (QED) is 0.162. The summed E-state index contributed by atoms with van der Waals surface area (Å²) in [7, 11) is 0. The van der Waals surface area contributed by atoms with E-state index < -0.39 is 0 Å². The van der Waals surface area contributed by atoms with Crippen molar-refractivity contribution in [3.8, 4) is 17.2 Å². The van der Waals surface area contributed by atoms with Crippen LogP contribution in [0.5, 0.6) is 11.5 Å². The molecule has 4 nitrogen and oxygen atoms in total. The molecule has 0 unspecified atom stereocenters. The Labute approximate surface area is 353 Å². The third-order valence-corrected chi connectivity index (χ3v) is 12.7. The lowest BCUT2D eigenvalue weighted by atomic mass is 9.34. The molecule has 0 fully saturated rings. The highest BCUT2D eigenvalue weighted by Crippen LogP contribution is 2.47. The summed E-state index contributed by atoms with van der Waals surface area (Å²) in [6.07, 6.45) is 0. The summed E-state index contributed by atoms with van der Waals surface area (Å²) in [6, 6.07) is 79.1. The molecule has 0 radical (unpaired) electrons. The van der Waals surface area contributed by atoms with Crippen molar-refractivity contribution in [1.82, 2.24) is 4.57 Å². The average molecular weight is 778 g/mol. The average Bonchev–Trinajstić information content (AvgIpc) is 3.64. The Morgan fingerprint density at radius 2 is 1.08 bits per heavy atom. The molecular formula is C56H36BN3O. The second-order valence-electron chi connectivity index (χ2n) is 16.1. The smallest absolute Gasteiger partial charge is 0.256 e. The number of anilines is 6. The highest BCUT2D eigenvalue weighted by Gasteiger charge is 2.42. The van der Waals surface area contributed by atoms with E-state index in [1.54, 1.807) is 0 Å². The van der Waals surface area contributed by atoms with Gasteiger partial charge in [0.2, 0.25) is 0 Å². The Hall–Kier alpha value is -8.02. The predicted octanol–water partition coefficient (Wildman–Crippen LogP) is 13.0. The summed E-state index contributed by atoms with van der Waals surface area (Å²) in [5, 5.41) is 7.15. The molecule has 61 heavy (non-hydrogen) atoms. The fraction of sp³-hybridized carbons (Fsp3) is 0. The van der Waals surface area contributed by atoms with Gasteiger partial charge in [-0.3, -0.25) is 0 Å². The minimum Gasteiger partial charge on any atom is -0.458 e. The number of rotatable bonds is 5. The molecule has 1 aromatic heterocycles. The summed E-state index contributed by atoms with van der Waals surface area (Å²) in [5.74, 6) is 1.80. The zero-order chi connectivity index (χ0) is 40.0. The van der Waals surface area contributed by atoms with Gasteiger partial charge in [-0.05, 0) is 117 Å². The first-order valence-electron chi connectivity index (χ1n) is 21.0. The molecule has 0 amide bonds. The van der Waals surface area contributed by atoms with Gasteiger partial charge < -0.3 is 19.1 Å². The lowest BCUT2D eigenvalue weighted by molar-refractivity contribution is 0.488. The lowest BCUT2D eigenvalue weighted by Gasteiger charge is -2.39. The van der Waals surface area contributed by atoms with E-state index in [4.69, 9.17) is 4.74 Å². The van der Waals surface area contributed by atoms with Crippen molar-refractivity contribution in [3.63, 3.8) is 0 Å². The van der Waals surface area contributed by atoms with Crippen LogP contribution in [0.15, 0.2) is 218 Å². The highest BCUT2D eigenvalue weighted by atomic mass is 16.5. The number of aromatic nitrogens is 1. The van der Waals surface area contributed by atoms with Crippen LogP contribution in [-0.4, -0.2) is 11.3 Å². The third kappa shape index (κ3) is 5.07. The molecular weight excluding hydrogens is 741 g/mol. The Kier molecular flexibility index (Phi) is 7.37. The molecule has 3 heterocycles. The normalized spacial score (nSPS) is 12.7. The Morgan fingerprint density at radius 1 is 0.410 bits per heavy atom. The van der Waals surface area contributed by atoms with Crippen molar-refractivity contribution >= 4 is 101 Å². The second kappa shape index (κ2) is 13.3. The number of hydrogen-bond acceptors (Lipinski definition) is 3. The first-order chi connectivity index (χ1) is 30.3. The molecule has 0 spiro atoms. The Bertz CT molecular complexity index is 3530. The number of hydrogen-bond donors (Lipinski definition) is 0. The van der Waals surface area contributed by atoms with Crippen LogP contribution >= 0.6 is 0 Å². The van der Waals surface area contributed by atoms with Crippen LogP contribution in [0.4, 0.5) is 34.1 Å². The van der Waals surface area contributed by atoms with E-state index in [-0.39, 0.29) is 6.71 Å². The second-order valence-corrected chi connectivity index (χ2v) is 16.1. The molecule has 0 saturated carbocycles. The molecule has 11 aromatic rings. The van der Waals surface area contributed by atoms with E-state index in [2.05, 4.69) is 233 Å². The molecule has 13 rings (SSSR count). The fourth-order valence-corrected chi connectivity index (χ4v) is 10.2. The summed E-state index contributed by atoms with van der Waals surface area (Å²) >= 11 is 0. The number of nitrogens with zero attached hydrogens (tertiary/aromatic N) is 3. The number of fused-ring (bicyclic) bond motifs is 10. The molecule has 284 valence electrons. The van der Waals surface area contributed by atoms with E-state index in [0.717, 1.165) is 62.0 Å². The van der Waals surface area contributed by atoms with Crippen LogP contribution in [-0.2, 0) is 0 Å². The van der Waals surface area contributed by atoms with E-state index in [1.165, 1.54) is 49.0 Å². The van der Waals surface area contributed by atoms with Gasteiger partial charge in [0.1, 0.15) is 11.5 Å². The number of ether oxygens (including phenoxy) is 1. The van der Waals surface area contributed by atoms with Gasteiger partial charge >= 0.3 is 0 Å². The van der Waals surface area contributed by atoms with Crippen LogP contribution in [0.25, 0.3) is 49.0 Å². The van der Waals surface area contributed by atoms with E-state index in [1.807, 2.05) is 0 Å². The minimum absolute atomic E-state index is 0.0217. The molecule has 2 aliphatic rings. The zero-order valence-corrected chi connectivity index (χ0v) is 33.1. The first kappa shape index (κ1) is 33.9. The van der Waals surface area contributed by atoms with Crippen LogP contribution in [0.1, 0.15) is 0 Å². The van der Waals surface area contributed by atoms with Crippen molar-refractivity contribution in [3.05, 3.63) is 218 Å². The summed E-state index contributed by atoms with van der Waals surface area (Å²) < 4.78 is 9.55. The maximum atomic E-state index is 7.08. The van der Waals surface area contributed by atoms with Crippen LogP contribution in [0, 0.1) is 0 Å². The van der Waals surface area contributed by atoms with Gasteiger partial charge in [0.05, 0.1) is 16.7 Å². The third-order valence-electron chi connectivity index (χ3n) is 12.7. The number of para-hydroxylation sites is 4. The largest absolute Gasteiger partial charge is 0.458 e. The summed E-state index contributed by atoms with van der Waals surface area (Å²) in [5.41, 5.74) is 13.8. The molecule has 0 aliphatic carbocycles. The molecule has 2 aliphatic heterocycles. The Balaban J connectivity index is 1.11. The highest BCUT2D eigenvalue weighted by molar-refractivity contribution is 6.99. The van der Waals surface area contributed by atoms with Crippen molar-refractivity contribution in [2.24, 2.45) is 0 Å².